The number of hydrogen-bond acceptors (Lipinski definition) is 2. The average molecular weight is 148 g/mol. The lowest BCUT2D eigenvalue weighted by atomic mass is 10.7. The Hall–Kier alpha value is -1.58. The van der Waals surface area contributed by atoms with E-state index < -0.39 is 0 Å². The predicted molar refractivity (Wildman–Crippen MR) is 40.4 cm³/mol. The molecule has 0 bridgehead atoms. The van der Waals surface area contributed by atoms with Crippen molar-refractivity contribution in [2.45, 2.75) is 6.92 Å². The van der Waals surface area contributed by atoms with Crippen LogP contribution in [-0.2, 0) is 0 Å². The number of nitrogens with zero attached hydrogens (tertiary/aromatic N) is 3. The van der Waals surface area contributed by atoms with Gasteiger partial charge in [-0.15, -0.1) is 0 Å². The van der Waals surface area contributed by atoms with E-state index in [4.69, 9.17) is 0 Å². The van der Waals surface area contributed by atoms with E-state index in [0.29, 0.717) is 0 Å². The van der Waals surface area contributed by atoms with Crippen LogP contribution in [0.4, 0.5) is 0 Å². The average Bonchev–Trinajstić information content (AvgIpc) is 2.55. The van der Waals surface area contributed by atoms with Crippen molar-refractivity contribution < 1.29 is 0 Å². The molecule has 0 aliphatic rings. The van der Waals surface area contributed by atoms with Crippen molar-refractivity contribution in [3.05, 3.63) is 30.7 Å². The van der Waals surface area contributed by atoms with Crippen LogP contribution in [0.3, 0.4) is 0 Å². The normalized spacial score (nSPS) is 10.3. The first-order valence-electron chi connectivity index (χ1n) is 3.36. The van der Waals surface area contributed by atoms with Crippen LogP contribution in [0, 0.1) is 6.92 Å². The zero-order chi connectivity index (χ0) is 7.68. The minimum absolute atomic E-state index is 0.911. The highest BCUT2D eigenvalue weighted by Gasteiger charge is 1.96. The summed E-state index contributed by atoms with van der Waals surface area (Å²) in [6, 6.07) is 0. The van der Waals surface area contributed by atoms with Crippen LogP contribution in [0.2, 0.25) is 0 Å². The van der Waals surface area contributed by atoms with Crippen molar-refractivity contribution in [2.24, 2.45) is 0 Å². The fourth-order valence-corrected chi connectivity index (χ4v) is 0.941. The summed E-state index contributed by atoms with van der Waals surface area (Å²) in [5.41, 5.74) is 0. The maximum Gasteiger partial charge on any atom is 0.135 e. The third-order valence-corrected chi connectivity index (χ3v) is 1.47. The fraction of sp³-hybridized carbons (Fsp3) is 0.143. The van der Waals surface area contributed by atoms with Crippen molar-refractivity contribution in [3.63, 3.8) is 0 Å². The van der Waals surface area contributed by atoms with Crippen molar-refractivity contribution in [3.8, 4) is 5.82 Å². The third kappa shape index (κ3) is 1.02. The second kappa shape index (κ2) is 2.23. The Bertz CT molecular complexity index is 333. The van der Waals surface area contributed by atoms with Gasteiger partial charge in [-0.1, -0.05) is 0 Å². The van der Waals surface area contributed by atoms with Gasteiger partial charge in [-0.3, -0.25) is 4.57 Å². The smallest absolute Gasteiger partial charge is 0.135 e. The minimum Gasteiger partial charge on any atom is -0.329 e. The molecule has 4 heteroatoms. The van der Waals surface area contributed by atoms with Gasteiger partial charge in [0.15, 0.2) is 0 Å². The molecule has 0 aliphatic heterocycles. The molecule has 2 aromatic rings. The largest absolute Gasteiger partial charge is 0.329 e. The highest BCUT2D eigenvalue weighted by atomic mass is 15.1. The first-order chi connectivity index (χ1) is 5.36. The van der Waals surface area contributed by atoms with Crippen LogP contribution in [0.25, 0.3) is 5.82 Å². The summed E-state index contributed by atoms with van der Waals surface area (Å²) in [4.78, 5) is 11.1. The molecule has 2 aromatic heterocycles. The number of aromatic nitrogens is 4. The highest BCUT2D eigenvalue weighted by molar-refractivity contribution is 5.18. The lowest BCUT2D eigenvalue weighted by Crippen LogP contribution is -1.88. The van der Waals surface area contributed by atoms with Gasteiger partial charge in [0, 0.05) is 12.4 Å². The number of imidazole rings is 2. The molecular weight excluding hydrogens is 140 g/mol. The Kier molecular flexibility index (Phi) is 1.25. The van der Waals surface area contributed by atoms with E-state index in [9.17, 15) is 0 Å². The molecule has 0 saturated carbocycles. The Labute approximate surface area is 63.9 Å². The molecular formula is C7H8N4. The summed E-state index contributed by atoms with van der Waals surface area (Å²) in [6.45, 7) is 1.92. The molecule has 2 heterocycles. The summed E-state index contributed by atoms with van der Waals surface area (Å²) in [5.74, 6) is 1.86. The predicted octanol–water partition coefficient (Wildman–Crippen LogP) is 0.904. The van der Waals surface area contributed by atoms with Crippen molar-refractivity contribution >= 4 is 0 Å². The quantitative estimate of drug-likeness (QED) is 0.653. The van der Waals surface area contributed by atoms with E-state index in [1.54, 1.807) is 18.7 Å². The van der Waals surface area contributed by atoms with Gasteiger partial charge in [0.1, 0.15) is 18.0 Å². The number of rotatable bonds is 1. The zero-order valence-corrected chi connectivity index (χ0v) is 6.15. The number of nitrogens with one attached hydrogen (secondary N) is 1. The number of hydrogen-bond donors (Lipinski definition) is 1. The molecule has 0 saturated heterocycles. The maximum atomic E-state index is 4.07. The van der Waals surface area contributed by atoms with Gasteiger partial charge in [-0.05, 0) is 6.92 Å². The molecule has 0 aromatic carbocycles. The molecule has 0 aliphatic carbocycles. The van der Waals surface area contributed by atoms with Gasteiger partial charge >= 0.3 is 0 Å². The van der Waals surface area contributed by atoms with Gasteiger partial charge in [-0.2, -0.15) is 0 Å². The molecule has 0 fully saturated rings. The SMILES string of the molecule is Cc1ncc(-n2ccnc2)[nH]1. The third-order valence-electron chi connectivity index (χ3n) is 1.47. The van der Waals surface area contributed by atoms with Crippen LogP contribution >= 0.6 is 0 Å². The summed E-state index contributed by atoms with van der Waals surface area (Å²) < 4.78 is 1.88. The van der Waals surface area contributed by atoms with Crippen LogP contribution in [0.5, 0.6) is 0 Å². The standard InChI is InChI=1S/C7H8N4/c1-6-9-4-7(10-6)11-3-2-8-5-11/h2-5H,1H3,(H,9,10). The Morgan fingerprint density at radius 3 is 3.00 bits per heavy atom. The molecule has 0 spiro atoms. The second-order valence-electron chi connectivity index (χ2n) is 2.32. The van der Waals surface area contributed by atoms with E-state index in [0.717, 1.165) is 11.6 Å². The number of aryl methyl sites for hydroxylation is 1. The van der Waals surface area contributed by atoms with Gasteiger partial charge in [0.05, 0.1) is 6.20 Å². The van der Waals surface area contributed by atoms with E-state index >= 15 is 0 Å². The lowest BCUT2D eigenvalue weighted by molar-refractivity contribution is 0.998. The lowest BCUT2D eigenvalue weighted by Gasteiger charge is -1.93. The van der Waals surface area contributed by atoms with Crippen LogP contribution in [0.1, 0.15) is 5.82 Å². The molecule has 2 rings (SSSR count). The highest BCUT2D eigenvalue weighted by Crippen LogP contribution is 2.01. The van der Waals surface area contributed by atoms with Gasteiger partial charge in [0.25, 0.3) is 0 Å². The van der Waals surface area contributed by atoms with E-state index in [1.165, 1.54) is 0 Å². The van der Waals surface area contributed by atoms with Crippen molar-refractivity contribution in [1.82, 2.24) is 19.5 Å². The summed E-state index contributed by atoms with van der Waals surface area (Å²) >= 11 is 0. The minimum atomic E-state index is 0.911. The fourth-order valence-electron chi connectivity index (χ4n) is 0.941. The van der Waals surface area contributed by atoms with E-state index in [-0.39, 0.29) is 0 Å². The van der Waals surface area contributed by atoms with E-state index in [1.807, 2.05) is 17.7 Å². The Balaban J connectivity index is 2.45. The Morgan fingerprint density at radius 1 is 1.55 bits per heavy atom. The monoisotopic (exact) mass is 148 g/mol. The molecule has 56 valence electrons. The van der Waals surface area contributed by atoms with Gasteiger partial charge in [0.2, 0.25) is 0 Å². The molecule has 4 nitrogen and oxygen atoms in total. The van der Waals surface area contributed by atoms with Crippen molar-refractivity contribution in [2.75, 3.05) is 0 Å². The molecule has 11 heavy (non-hydrogen) atoms. The first kappa shape index (κ1) is 6.15. The molecule has 0 amide bonds. The molecule has 0 radical (unpaired) electrons. The van der Waals surface area contributed by atoms with Gasteiger partial charge in [-0.25, -0.2) is 9.97 Å². The second-order valence-corrected chi connectivity index (χ2v) is 2.32. The molecule has 0 atom stereocenters. The number of H-pyrrole nitrogens is 1. The zero-order valence-electron chi connectivity index (χ0n) is 6.15. The van der Waals surface area contributed by atoms with Crippen molar-refractivity contribution in [1.29, 1.82) is 0 Å². The summed E-state index contributed by atoms with van der Waals surface area (Å²) in [6.07, 6.45) is 7.10. The van der Waals surface area contributed by atoms with Crippen LogP contribution in [0.15, 0.2) is 24.9 Å². The Morgan fingerprint density at radius 2 is 2.45 bits per heavy atom. The van der Waals surface area contributed by atoms with Crippen LogP contribution < -0.4 is 0 Å². The number of aromatic amines is 1. The maximum absolute atomic E-state index is 4.07. The molecule has 0 unspecified atom stereocenters. The topological polar surface area (TPSA) is 46.5 Å². The summed E-state index contributed by atoms with van der Waals surface area (Å²) in [7, 11) is 0. The van der Waals surface area contributed by atoms with E-state index in [2.05, 4.69) is 15.0 Å². The molecule has 1 N–H and O–H groups in total. The summed E-state index contributed by atoms with van der Waals surface area (Å²) in [5, 5.41) is 0. The van der Waals surface area contributed by atoms with Gasteiger partial charge < -0.3 is 4.98 Å². The first-order valence-corrected chi connectivity index (χ1v) is 3.36. The van der Waals surface area contributed by atoms with Crippen LogP contribution in [-0.4, -0.2) is 19.5 Å².